The fourth-order valence-corrected chi connectivity index (χ4v) is 3.75. The normalized spacial score (nSPS) is 22.9. The van der Waals surface area contributed by atoms with Gasteiger partial charge < -0.3 is 14.5 Å². The summed E-state index contributed by atoms with van der Waals surface area (Å²) in [4.78, 5) is 22.7. The molecule has 25 heavy (non-hydrogen) atoms. The van der Waals surface area contributed by atoms with Crippen molar-refractivity contribution in [3.05, 3.63) is 24.3 Å². The fraction of sp³-hybridized carbons (Fsp3) is 0.667. The first kappa shape index (κ1) is 16.6. The predicted octanol–water partition coefficient (Wildman–Crippen LogP) is 1.96. The molecule has 2 saturated heterocycles. The van der Waals surface area contributed by atoms with E-state index in [0.717, 1.165) is 44.8 Å². The van der Waals surface area contributed by atoms with Crippen LogP contribution in [0.5, 0.6) is 5.75 Å². The zero-order valence-corrected chi connectivity index (χ0v) is 14.4. The van der Waals surface area contributed by atoms with Crippen LogP contribution in [0.3, 0.4) is 0 Å². The number of hydrogen-bond donors (Lipinski definition) is 0. The number of rotatable bonds is 3. The maximum atomic E-state index is 13.6. The summed E-state index contributed by atoms with van der Waals surface area (Å²) in [6.45, 7) is 4.74. The molecule has 0 spiro atoms. The molecule has 7 heteroatoms. The van der Waals surface area contributed by atoms with E-state index >= 15 is 0 Å². The first-order valence-corrected chi connectivity index (χ1v) is 9.25. The van der Waals surface area contributed by atoms with Gasteiger partial charge in [-0.2, -0.15) is 0 Å². The average Bonchev–Trinajstić information content (AvgIpc) is 2.76. The summed E-state index contributed by atoms with van der Waals surface area (Å²) in [6, 6.07) is 2.35. The number of halogens is 1. The Morgan fingerprint density at radius 2 is 1.96 bits per heavy atom. The highest BCUT2D eigenvalue weighted by Gasteiger charge is 2.36. The minimum Gasteiger partial charge on any atom is -0.484 e. The van der Waals surface area contributed by atoms with E-state index in [-0.39, 0.29) is 17.9 Å². The Morgan fingerprint density at radius 3 is 2.68 bits per heavy atom. The van der Waals surface area contributed by atoms with Crippen LogP contribution in [0.15, 0.2) is 18.5 Å². The summed E-state index contributed by atoms with van der Waals surface area (Å²) < 4.78 is 19.2. The summed E-state index contributed by atoms with van der Waals surface area (Å²) in [6.07, 6.45) is 7.51. The molecule has 0 atom stereocenters. The van der Waals surface area contributed by atoms with Crippen molar-refractivity contribution >= 4 is 6.03 Å². The molecule has 1 aliphatic carbocycles. The quantitative estimate of drug-likeness (QED) is 0.838. The van der Waals surface area contributed by atoms with Gasteiger partial charge in [0.2, 0.25) is 0 Å². The number of ether oxygens (including phenoxy) is 1. The smallest absolute Gasteiger partial charge is 0.320 e. The van der Waals surface area contributed by atoms with Gasteiger partial charge in [0, 0.05) is 44.5 Å². The number of carbonyl (C=O) groups is 1. The van der Waals surface area contributed by atoms with Crippen LogP contribution in [-0.2, 0) is 0 Å². The minimum absolute atomic E-state index is 0.0884. The molecule has 6 nitrogen and oxygen atoms in total. The maximum Gasteiger partial charge on any atom is 0.320 e. The van der Waals surface area contributed by atoms with Crippen LogP contribution in [0.4, 0.5) is 9.18 Å². The number of likely N-dealkylation sites (tertiary alicyclic amines) is 1. The molecule has 0 aromatic carbocycles. The number of urea groups is 1. The molecule has 0 bridgehead atoms. The molecule has 1 saturated carbocycles. The van der Waals surface area contributed by atoms with Crippen LogP contribution < -0.4 is 4.74 Å². The molecule has 0 unspecified atom stereocenters. The molecule has 2 amide bonds. The molecule has 3 aliphatic rings. The highest BCUT2D eigenvalue weighted by molar-refractivity contribution is 5.75. The number of pyridine rings is 1. The van der Waals surface area contributed by atoms with Crippen molar-refractivity contribution in [3.8, 4) is 5.75 Å². The van der Waals surface area contributed by atoms with Gasteiger partial charge in [0.1, 0.15) is 6.10 Å². The van der Waals surface area contributed by atoms with E-state index in [2.05, 4.69) is 9.88 Å². The predicted molar refractivity (Wildman–Crippen MR) is 91.0 cm³/mol. The van der Waals surface area contributed by atoms with E-state index in [4.69, 9.17) is 4.74 Å². The summed E-state index contributed by atoms with van der Waals surface area (Å²) >= 11 is 0. The van der Waals surface area contributed by atoms with Crippen molar-refractivity contribution in [1.82, 2.24) is 19.7 Å². The van der Waals surface area contributed by atoms with Gasteiger partial charge in [-0.1, -0.05) is 6.42 Å². The van der Waals surface area contributed by atoms with Gasteiger partial charge in [0.05, 0.1) is 19.3 Å². The van der Waals surface area contributed by atoms with Gasteiger partial charge in [0.15, 0.2) is 11.6 Å². The van der Waals surface area contributed by atoms with E-state index in [1.807, 2.05) is 4.90 Å². The van der Waals surface area contributed by atoms with E-state index in [1.165, 1.54) is 31.5 Å². The highest BCUT2D eigenvalue weighted by Crippen LogP contribution is 2.26. The molecule has 4 rings (SSSR count). The third-order valence-corrected chi connectivity index (χ3v) is 5.54. The molecule has 1 aromatic rings. The van der Waals surface area contributed by atoms with Crippen LogP contribution in [0.25, 0.3) is 0 Å². The van der Waals surface area contributed by atoms with Crippen LogP contribution >= 0.6 is 0 Å². The number of hydrogen-bond acceptors (Lipinski definition) is 4. The number of nitrogens with zero attached hydrogens (tertiary/aromatic N) is 4. The van der Waals surface area contributed by atoms with E-state index < -0.39 is 5.82 Å². The zero-order chi connectivity index (χ0) is 17.2. The van der Waals surface area contributed by atoms with Gasteiger partial charge in [-0.3, -0.25) is 9.88 Å². The minimum atomic E-state index is -0.462. The van der Waals surface area contributed by atoms with E-state index in [9.17, 15) is 9.18 Å². The summed E-state index contributed by atoms with van der Waals surface area (Å²) in [5.74, 6) is -0.256. The van der Waals surface area contributed by atoms with Gasteiger partial charge >= 0.3 is 6.03 Å². The Balaban J connectivity index is 1.25. The van der Waals surface area contributed by atoms with E-state index in [0.29, 0.717) is 13.1 Å². The van der Waals surface area contributed by atoms with Gasteiger partial charge in [-0.25, -0.2) is 9.18 Å². The van der Waals surface area contributed by atoms with Crippen LogP contribution in [0.2, 0.25) is 0 Å². The summed E-state index contributed by atoms with van der Waals surface area (Å²) in [7, 11) is 0. The lowest BCUT2D eigenvalue weighted by Gasteiger charge is -2.41. The second-order valence-corrected chi connectivity index (χ2v) is 7.19. The average molecular weight is 348 g/mol. The Labute approximate surface area is 147 Å². The van der Waals surface area contributed by atoms with Crippen molar-refractivity contribution < 1.29 is 13.9 Å². The molecular formula is C18H25FN4O2. The van der Waals surface area contributed by atoms with Crippen molar-refractivity contribution in [2.75, 3.05) is 39.3 Å². The Bertz CT molecular complexity index is 619. The van der Waals surface area contributed by atoms with Crippen LogP contribution in [0, 0.1) is 5.82 Å². The zero-order valence-electron chi connectivity index (χ0n) is 14.4. The molecule has 136 valence electrons. The Morgan fingerprint density at radius 1 is 1.12 bits per heavy atom. The molecular weight excluding hydrogens is 323 g/mol. The highest BCUT2D eigenvalue weighted by atomic mass is 19.1. The molecule has 0 radical (unpaired) electrons. The fourth-order valence-electron chi connectivity index (χ4n) is 3.75. The summed E-state index contributed by atoms with van der Waals surface area (Å²) in [5, 5.41) is 0. The molecule has 1 aromatic heterocycles. The van der Waals surface area contributed by atoms with Crippen molar-refractivity contribution in [3.63, 3.8) is 0 Å². The molecule has 0 N–H and O–H groups in total. The number of aromatic nitrogens is 1. The van der Waals surface area contributed by atoms with Gasteiger partial charge in [-0.15, -0.1) is 0 Å². The first-order chi connectivity index (χ1) is 12.2. The van der Waals surface area contributed by atoms with Crippen LogP contribution in [-0.4, -0.2) is 77.1 Å². The second kappa shape index (κ2) is 7.15. The van der Waals surface area contributed by atoms with Gasteiger partial charge in [-0.05, 0) is 19.3 Å². The third kappa shape index (κ3) is 3.56. The van der Waals surface area contributed by atoms with Crippen molar-refractivity contribution in [1.29, 1.82) is 0 Å². The second-order valence-electron chi connectivity index (χ2n) is 7.19. The SMILES string of the molecule is O=C(N1CCCN(C2CCC2)CC1)N1CC(Oc2ccncc2F)C1. The van der Waals surface area contributed by atoms with Crippen molar-refractivity contribution in [2.45, 2.75) is 37.8 Å². The lowest BCUT2D eigenvalue weighted by molar-refractivity contribution is 0.0287. The third-order valence-electron chi connectivity index (χ3n) is 5.54. The first-order valence-electron chi connectivity index (χ1n) is 9.25. The summed E-state index contributed by atoms with van der Waals surface area (Å²) in [5.41, 5.74) is 0. The van der Waals surface area contributed by atoms with E-state index in [1.54, 1.807) is 4.90 Å². The van der Waals surface area contributed by atoms with Crippen LogP contribution in [0.1, 0.15) is 25.7 Å². The number of amides is 2. The topological polar surface area (TPSA) is 48.9 Å². The monoisotopic (exact) mass is 348 g/mol. The van der Waals surface area contributed by atoms with Crippen molar-refractivity contribution in [2.24, 2.45) is 0 Å². The Hall–Kier alpha value is -1.89. The molecule has 2 aliphatic heterocycles. The molecule has 3 fully saturated rings. The lowest BCUT2D eigenvalue weighted by Crippen LogP contribution is -2.60. The van der Waals surface area contributed by atoms with Gasteiger partial charge in [0.25, 0.3) is 0 Å². The largest absolute Gasteiger partial charge is 0.484 e. The molecule has 3 heterocycles. The lowest BCUT2D eigenvalue weighted by atomic mass is 9.91. The number of carbonyl (C=O) groups excluding carboxylic acids is 1. The standard InChI is InChI=1S/C18H25FN4O2/c19-16-11-20-6-5-17(16)25-15-12-23(13-15)18(24)22-8-2-7-21(9-10-22)14-3-1-4-14/h5-6,11,14-15H,1-4,7-10,12-13H2. The Kier molecular flexibility index (Phi) is 4.74. The maximum absolute atomic E-state index is 13.6.